The molecule has 0 saturated heterocycles. The molecule has 0 aliphatic heterocycles. The fourth-order valence-corrected chi connectivity index (χ4v) is 1.46. The van der Waals surface area contributed by atoms with Crippen LogP contribution in [-0.2, 0) is 0 Å². The van der Waals surface area contributed by atoms with Gasteiger partial charge in [-0.3, -0.25) is 0 Å². The summed E-state index contributed by atoms with van der Waals surface area (Å²) in [7, 11) is 0. The van der Waals surface area contributed by atoms with Crippen LogP contribution in [0.15, 0.2) is 30.8 Å². The van der Waals surface area contributed by atoms with Crippen LogP contribution in [0.5, 0.6) is 0 Å². The minimum Gasteiger partial charge on any atom is -0.0955 e. The van der Waals surface area contributed by atoms with Crippen molar-refractivity contribution in [2.24, 2.45) is 0 Å². The monoisotopic (exact) mass is 248 g/mol. The summed E-state index contributed by atoms with van der Waals surface area (Å²) in [6.45, 7) is 18.0. The normalized spacial score (nSPS) is 11.7. The fourth-order valence-electron chi connectivity index (χ4n) is 1.46. The van der Waals surface area contributed by atoms with E-state index in [9.17, 15) is 0 Å². The number of hydrogen-bond acceptors (Lipinski definition) is 0. The first kappa shape index (κ1) is 19.3. The summed E-state index contributed by atoms with van der Waals surface area (Å²) < 4.78 is 0. The number of hydrogen-bond donors (Lipinski definition) is 0. The van der Waals surface area contributed by atoms with Crippen molar-refractivity contribution in [2.45, 2.75) is 67.2 Å². The van der Waals surface area contributed by atoms with Crippen molar-refractivity contribution >= 4 is 5.57 Å². The number of allylic oxidation sites excluding steroid dienone is 1. The van der Waals surface area contributed by atoms with Gasteiger partial charge in [-0.2, -0.15) is 0 Å². The van der Waals surface area contributed by atoms with Gasteiger partial charge in [-0.15, -0.1) is 0 Å². The zero-order valence-electron chi connectivity index (χ0n) is 13.5. The highest BCUT2D eigenvalue weighted by molar-refractivity contribution is 5.61. The van der Waals surface area contributed by atoms with Gasteiger partial charge in [-0.05, 0) is 36.8 Å². The lowest BCUT2D eigenvalue weighted by Crippen LogP contribution is -1.81. The summed E-state index contributed by atoms with van der Waals surface area (Å²) >= 11 is 0. The predicted octanol–water partition coefficient (Wildman–Crippen LogP) is 6.68. The highest BCUT2D eigenvalue weighted by Crippen LogP contribution is 2.40. The molecule has 0 bridgehead atoms. The molecule has 18 heavy (non-hydrogen) atoms. The lowest BCUT2D eigenvalue weighted by atomic mass is 10.0. The highest BCUT2D eigenvalue weighted by Gasteiger charge is 2.22. The molecule has 1 aromatic carbocycles. The maximum Gasteiger partial charge on any atom is -0.0162 e. The molecule has 0 unspecified atom stereocenters. The molecule has 0 nitrogen and oxygen atoms in total. The smallest absolute Gasteiger partial charge is 0.0162 e. The summed E-state index contributed by atoms with van der Waals surface area (Å²) in [6.07, 6.45) is 2.76. The Bertz CT molecular complexity index is 288. The number of benzene rings is 1. The lowest BCUT2D eigenvalue weighted by molar-refractivity contribution is 1.13. The summed E-state index contributed by atoms with van der Waals surface area (Å²) in [5.74, 6) is 0.865. The molecule has 0 N–H and O–H groups in total. The van der Waals surface area contributed by atoms with Crippen LogP contribution >= 0.6 is 0 Å². The van der Waals surface area contributed by atoms with Gasteiger partial charge in [0, 0.05) is 0 Å². The molecular weight excluding hydrogens is 216 g/mol. The molecule has 0 spiro atoms. The molecular formula is C18H32. The van der Waals surface area contributed by atoms with Crippen LogP contribution in [-0.4, -0.2) is 0 Å². The zero-order chi connectivity index (χ0) is 14.6. The van der Waals surface area contributed by atoms with Gasteiger partial charge in [0.25, 0.3) is 0 Å². The van der Waals surface area contributed by atoms with E-state index in [1.807, 2.05) is 48.5 Å². The maximum absolute atomic E-state index is 3.92. The van der Waals surface area contributed by atoms with Gasteiger partial charge in [0.05, 0.1) is 0 Å². The second-order valence-electron chi connectivity index (χ2n) is 3.68. The second-order valence-corrected chi connectivity index (χ2v) is 3.68. The summed E-state index contributed by atoms with van der Waals surface area (Å²) in [4.78, 5) is 0. The topological polar surface area (TPSA) is 0 Å². The Morgan fingerprint density at radius 1 is 0.889 bits per heavy atom. The van der Waals surface area contributed by atoms with Crippen molar-refractivity contribution in [1.82, 2.24) is 0 Å². The van der Waals surface area contributed by atoms with Gasteiger partial charge in [0.1, 0.15) is 0 Å². The van der Waals surface area contributed by atoms with E-state index >= 15 is 0 Å². The van der Waals surface area contributed by atoms with Gasteiger partial charge in [0.15, 0.2) is 0 Å². The standard InChI is InChI=1S/C12H14.3C2H6/c1-9(2)10-3-5-11(6-4-10)12-7-8-12;3*1-2/h3-6,12H,1,7-8H2,2H3;3*1-2H3. The van der Waals surface area contributed by atoms with E-state index in [1.165, 1.54) is 24.0 Å². The van der Waals surface area contributed by atoms with Crippen molar-refractivity contribution < 1.29 is 0 Å². The number of rotatable bonds is 2. The Morgan fingerprint density at radius 2 is 1.28 bits per heavy atom. The van der Waals surface area contributed by atoms with Gasteiger partial charge in [-0.1, -0.05) is 78.0 Å². The van der Waals surface area contributed by atoms with Crippen LogP contribution in [0.2, 0.25) is 0 Å². The molecule has 1 aliphatic rings. The lowest BCUT2D eigenvalue weighted by Gasteiger charge is -2.01. The Hall–Kier alpha value is -1.04. The van der Waals surface area contributed by atoms with Gasteiger partial charge in [-0.25, -0.2) is 0 Å². The SMILES string of the molecule is C=C(C)c1ccc(C2CC2)cc1.CC.CC.CC. The quantitative estimate of drug-likeness (QED) is 0.548. The summed E-state index contributed by atoms with van der Waals surface area (Å²) in [5, 5.41) is 0. The first-order valence-electron chi connectivity index (χ1n) is 7.53. The molecule has 0 radical (unpaired) electrons. The van der Waals surface area contributed by atoms with Crippen molar-refractivity contribution in [3.05, 3.63) is 42.0 Å². The summed E-state index contributed by atoms with van der Waals surface area (Å²) in [5.41, 5.74) is 3.91. The maximum atomic E-state index is 3.92. The molecule has 1 aromatic rings. The van der Waals surface area contributed by atoms with E-state index in [4.69, 9.17) is 0 Å². The van der Waals surface area contributed by atoms with Crippen molar-refractivity contribution in [3.8, 4) is 0 Å². The molecule has 1 fully saturated rings. The third-order valence-electron chi connectivity index (χ3n) is 2.45. The molecule has 104 valence electrons. The van der Waals surface area contributed by atoms with E-state index in [-0.39, 0.29) is 0 Å². The average molecular weight is 248 g/mol. The minimum atomic E-state index is 0.865. The van der Waals surface area contributed by atoms with Gasteiger partial charge in [0.2, 0.25) is 0 Å². The van der Waals surface area contributed by atoms with Crippen molar-refractivity contribution in [2.75, 3.05) is 0 Å². The third-order valence-corrected chi connectivity index (χ3v) is 2.45. The van der Waals surface area contributed by atoms with Crippen molar-refractivity contribution in [3.63, 3.8) is 0 Å². The molecule has 0 atom stereocenters. The van der Waals surface area contributed by atoms with E-state index in [0.717, 1.165) is 11.5 Å². The largest absolute Gasteiger partial charge is 0.0955 e. The van der Waals surface area contributed by atoms with Gasteiger partial charge >= 0.3 is 0 Å². The Labute approximate surface area is 115 Å². The molecule has 2 rings (SSSR count). The molecule has 0 amide bonds. The van der Waals surface area contributed by atoms with Crippen LogP contribution in [0.3, 0.4) is 0 Å². The van der Waals surface area contributed by atoms with Crippen LogP contribution in [0, 0.1) is 0 Å². The van der Waals surface area contributed by atoms with E-state index in [2.05, 4.69) is 30.8 Å². The Morgan fingerprint density at radius 3 is 1.56 bits per heavy atom. The first-order valence-corrected chi connectivity index (χ1v) is 7.53. The zero-order valence-corrected chi connectivity index (χ0v) is 13.5. The van der Waals surface area contributed by atoms with Crippen LogP contribution in [0.25, 0.3) is 5.57 Å². The second kappa shape index (κ2) is 12.4. The van der Waals surface area contributed by atoms with Crippen LogP contribution in [0.4, 0.5) is 0 Å². The van der Waals surface area contributed by atoms with Crippen molar-refractivity contribution in [1.29, 1.82) is 0 Å². The third kappa shape index (κ3) is 7.32. The van der Waals surface area contributed by atoms with Crippen LogP contribution in [0.1, 0.15) is 78.4 Å². The van der Waals surface area contributed by atoms with Gasteiger partial charge < -0.3 is 0 Å². The molecule has 0 aromatic heterocycles. The highest BCUT2D eigenvalue weighted by atomic mass is 14.3. The minimum absolute atomic E-state index is 0.865. The van der Waals surface area contributed by atoms with E-state index < -0.39 is 0 Å². The van der Waals surface area contributed by atoms with Crippen LogP contribution < -0.4 is 0 Å². The first-order chi connectivity index (χ1) is 8.77. The predicted molar refractivity (Wildman–Crippen MR) is 87.2 cm³/mol. The fraction of sp³-hybridized carbons (Fsp3) is 0.556. The molecule has 1 saturated carbocycles. The molecule has 1 aliphatic carbocycles. The summed E-state index contributed by atoms with van der Waals surface area (Å²) in [6, 6.07) is 8.83. The van der Waals surface area contributed by atoms with E-state index in [1.54, 1.807) is 0 Å². The molecule has 0 heteroatoms. The average Bonchev–Trinajstić information content (AvgIpc) is 3.30. The van der Waals surface area contributed by atoms with E-state index in [0.29, 0.717) is 0 Å². The Balaban J connectivity index is 0. The Kier molecular flexibility index (Phi) is 13.3. The molecule has 0 heterocycles.